The lowest BCUT2D eigenvalue weighted by Gasteiger charge is -2.31. The normalized spacial score (nSPS) is 16.5. The lowest BCUT2D eigenvalue weighted by molar-refractivity contribution is 0.100. The summed E-state index contributed by atoms with van der Waals surface area (Å²) in [7, 11) is -2.30. The Bertz CT molecular complexity index is 1180. The summed E-state index contributed by atoms with van der Waals surface area (Å²) in [5.74, 6) is 0.364. The molecular weight excluding hydrogens is 386 g/mol. The number of ether oxygens (including phenoxy) is 1. The van der Waals surface area contributed by atoms with Crippen LogP contribution in [0.15, 0.2) is 89.5 Å². The van der Waals surface area contributed by atoms with Gasteiger partial charge in [0.1, 0.15) is 11.4 Å². The number of carbonyl (C=O) groups is 1. The Morgan fingerprint density at radius 1 is 0.897 bits per heavy atom. The van der Waals surface area contributed by atoms with Crippen molar-refractivity contribution in [2.75, 3.05) is 7.11 Å². The van der Waals surface area contributed by atoms with Crippen LogP contribution in [0.2, 0.25) is 0 Å². The van der Waals surface area contributed by atoms with E-state index in [2.05, 4.69) is 0 Å². The summed E-state index contributed by atoms with van der Waals surface area (Å²) in [6.07, 6.45) is 1.61. The van der Waals surface area contributed by atoms with Crippen molar-refractivity contribution in [3.8, 4) is 5.75 Å². The van der Waals surface area contributed by atoms with Gasteiger partial charge < -0.3 is 4.74 Å². The first-order valence-electron chi connectivity index (χ1n) is 9.07. The van der Waals surface area contributed by atoms with Crippen LogP contribution in [-0.4, -0.2) is 25.6 Å². The maximum absolute atomic E-state index is 13.4. The fourth-order valence-electron chi connectivity index (χ4n) is 3.29. The molecule has 6 heteroatoms. The van der Waals surface area contributed by atoms with Gasteiger partial charge in [0.2, 0.25) is 5.78 Å². The summed E-state index contributed by atoms with van der Waals surface area (Å²) in [6.45, 7) is 0.0746. The van der Waals surface area contributed by atoms with E-state index in [1.165, 1.54) is 10.4 Å². The molecule has 0 saturated heterocycles. The van der Waals surface area contributed by atoms with Crippen molar-refractivity contribution in [2.45, 2.75) is 11.4 Å². The zero-order valence-corrected chi connectivity index (χ0v) is 16.6. The van der Waals surface area contributed by atoms with Gasteiger partial charge in [-0.15, -0.1) is 0 Å². The highest BCUT2D eigenvalue weighted by molar-refractivity contribution is 7.89. The van der Waals surface area contributed by atoms with Crippen LogP contribution in [0, 0.1) is 0 Å². The van der Waals surface area contributed by atoms with Crippen LogP contribution >= 0.6 is 0 Å². The van der Waals surface area contributed by atoms with E-state index in [1.54, 1.807) is 55.7 Å². The summed E-state index contributed by atoms with van der Waals surface area (Å²) in [4.78, 5) is 13.3. The predicted molar refractivity (Wildman–Crippen MR) is 111 cm³/mol. The largest absolute Gasteiger partial charge is 0.497 e. The lowest BCUT2D eigenvalue weighted by atomic mass is 10.0. The molecule has 1 aliphatic rings. The van der Waals surface area contributed by atoms with E-state index in [4.69, 9.17) is 4.74 Å². The van der Waals surface area contributed by atoms with Crippen molar-refractivity contribution in [1.82, 2.24) is 4.31 Å². The zero-order valence-electron chi connectivity index (χ0n) is 15.8. The van der Waals surface area contributed by atoms with Crippen molar-refractivity contribution in [3.63, 3.8) is 0 Å². The molecule has 5 nitrogen and oxygen atoms in total. The van der Waals surface area contributed by atoms with E-state index in [-0.39, 0.29) is 28.5 Å². The Kier molecular flexibility index (Phi) is 4.94. The van der Waals surface area contributed by atoms with E-state index < -0.39 is 10.0 Å². The maximum Gasteiger partial charge on any atom is 0.265 e. The minimum absolute atomic E-state index is 0.0350. The molecule has 0 atom stereocenters. The highest BCUT2D eigenvalue weighted by Gasteiger charge is 2.39. The van der Waals surface area contributed by atoms with E-state index in [0.29, 0.717) is 11.3 Å². The van der Waals surface area contributed by atoms with Crippen molar-refractivity contribution >= 4 is 21.9 Å². The molecule has 4 rings (SSSR count). The molecule has 3 aromatic carbocycles. The molecule has 0 saturated carbocycles. The Labute approximate surface area is 169 Å². The third kappa shape index (κ3) is 3.54. The van der Waals surface area contributed by atoms with Gasteiger partial charge in [-0.2, -0.15) is 0 Å². The maximum atomic E-state index is 13.4. The number of rotatable bonds is 4. The van der Waals surface area contributed by atoms with Crippen LogP contribution < -0.4 is 4.74 Å². The minimum atomic E-state index is -3.88. The Balaban J connectivity index is 1.87. The van der Waals surface area contributed by atoms with Gasteiger partial charge in [-0.25, -0.2) is 8.42 Å². The fraction of sp³-hybridized carbons (Fsp3) is 0.0870. The van der Waals surface area contributed by atoms with Gasteiger partial charge in [0, 0.05) is 5.56 Å². The summed E-state index contributed by atoms with van der Waals surface area (Å²) in [5.41, 5.74) is 1.82. The molecule has 1 aliphatic heterocycles. The van der Waals surface area contributed by atoms with Crippen molar-refractivity contribution < 1.29 is 17.9 Å². The quantitative estimate of drug-likeness (QED) is 0.613. The molecule has 0 amide bonds. The molecule has 1 heterocycles. The first-order chi connectivity index (χ1) is 14.0. The summed E-state index contributed by atoms with van der Waals surface area (Å²) < 4.78 is 33.1. The zero-order chi connectivity index (χ0) is 20.4. The van der Waals surface area contributed by atoms with Crippen LogP contribution in [0.25, 0.3) is 6.08 Å². The standard InChI is InChI=1S/C23H19NO4S/c1-28-19-13-11-17(12-14-19)15-21-23(25)20-9-5-6-10-22(20)29(26,27)24(21)16-18-7-3-2-4-8-18/h2-15H,16H2,1H3. The molecule has 0 N–H and O–H groups in total. The monoisotopic (exact) mass is 405 g/mol. The number of sulfonamides is 1. The number of nitrogens with zero attached hydrogens (tertiary/aromatic N) is 1. The minimum Gasteiger partial charge on any atom is -0.497 e. The predicted octanol–water partition coefficient (Wildman–Crippen LogP) is 4.12. The third-order valence-corrected chi connectivity index (χ3v) is 6.61. The van der Waals surface area contributed by atoms with Crippen LogP contribution in [0.5, 0.6) is 5.75 Å². The average Bonchev–Trinajstić information content (AvgIpc) is 2.76. The molecule has 0 aromatic heterocycles. The van der Waals surface area contributed by atoms with Gasteiger partial charge in [-0.05, 0) is 41.5 Å². The number of fused-ring (bicyclic) bond motifs is 1. The Morgan fingerprint density at radius 2 is 1.55 bits per heavy atom. The number of hydrogen-bond donors (Lipinski definition) is 0. The molecule has 3 aromatic rings. The van der Waals surface area contributed by atoms with Crippen LogP contribution in [0.4, 0.5) is 0 Å². The highest BCUT2D eigenvalue weighted by Crippen LogP contribution is 2.34. The number of Topliss-reactive ketones (excluding diaryl/α,β-unsaturated/α-hetero) is 1. The van der Waals surface area contributed by atoms with Crippen LogP contribution in [-0.2, 0) is 16.6 Å². The third-order valence-electron chi connectivity index (χ3n) is 4.79. The molecular formula is C23H19NO4S. The fourth-order valence-corrected chi connectivity index (χ4v) is 4.93. The SMILES string of the molecule is COc1ccc(C=C2C(=O)c3ccccc3S(=O)(=O)N2Cc2ccccc2)cc1. The second-order valence-electron chi connectivity index (χ2n) is 6.63. The second-order valence-corrected chi connectivity index (χ2v) is 8.46. The van der Waals surface area contributed by atoms with E-state index >= 15 is 0 Å². The number of ketones is 1. The van der Waals surface area contributed by atoms with Crippen LogP contribution in [0.1, 0.15) is 21.5 Å². The van der Waals surface area contributed by atoms with Gasteiger partial charge in [0.15, 0.2) is 0 Å². The van der Waals surface area contributed by atoms with E-state index in [1.807, 2.05) is 30.3 Å². The van der Waals surface area contributed by atoms with E-state index in [9.17, 15) is 13.2 Å². The topological polar surface area (TPSA) is 63.7 Å². The Hall–Kier alpha value is -3.38. The molecule has 0 radical (unpaired) electrons. The number of benzene rings is 3. The number of carbonyl (C=O) groups excluding carboxylic acids is 1. The van der Waals surface area contributed by atoms with Crippen molar-refractivity contribution in [1.29, 1.82) is 0 Å². The van der Waals surface area contributed by atoms with Crippen molar-refractivity contribution in [2.24, 2.45) is 0 Å². The van der Waals surface area contributed by atoms with E-state index in [0.717, 1.165) is 5.56 Å². The number of methoxy groups -OCH3 is 1. The molecule has 0 spiro atoms. The highest BCUT2D eigenvalue weighted by atomic mass is 32.2. The first-order valence-corrected chi connectivity index (χ1v) is 10.5. The number of allylic oxidation sites excluding steroid dienone is 1. The second kappa shape index (κ2) is 7.56. The summed E-state index contributed by atoms with van der Waals surface area (Å²) >= 11 is 0. The van der Waals surface area contributed by atoms with Crippen LogP contribution in [0.3, 0.4) is 0 Å². The molecule has 0 bridgehead atoms. The summed E-state index contributed by atoms with van der Waals surface area (Å²) in [6, 6.07) is 22.7. The lowest BCUT2D eigenvalue weighted by Crippen LogP contribution is -2.38. The molecule has 146 valence electrons. The smallest absolute Gasteiger partial charge is 0.265 e. The molecule has 0 aliphatic carbocycles. The molecule has 0 unspecified atom stereocenters. The van der Waals surface area contributed by atoms with Gasteiger partial charge in [-0.1, -0.05) is 54.6 Å². The van der Waals surface area contributed by atoms with Gasteiger partial charge in [0.05, 0.1) is 18.6 Å². The average molecular weight is 405 g/mol. The first kappa shape index (κ1) is 19.0. The summed E-state index contributed by atoms with van der Waals surface area (Å²) in [5, 5.41) is 0. The Morgan fingerprint density at radius 3 is 2.24 bits per heavy atom. The van der Waals surface area contributed by atoms with Crippen molar-refractivity contribution in [3.05, 3.63) is 101 Å². The molecule has 29 heavy (non-hydrogen) atoms. The van der Waals surface area contributed by atoms with Gasteiger partial charge in [0.25, 0.3) is 10.0 Å². The van der Waals surface area contributed by atoms with Gasteiger partial charge in [-0.3, -0.25) is 9.10 Å². The number of hydrogen-bond acceptors (Lipinski definition) is 4. The van der Waals surface area contributed by atoms with Gasteiger partial charge >= 0.3 is 0 Å². The molecule has 0 fully saturated rings.